The Morgan fingerprint density at radius 1 is 1.43 bits per heavy atom. The fourth-order valence-corrected chi connectivity index (χ4v) is 1.42. The molecule has 0 aromatic rings. The topological polar surface area (TPSA) is 71.4 Å². The van der Waals surface area contributed by atoms with E-state index in [1.165, 1.54) is 13.0 Å². The molecule has 0 rings (SSSR count). The van der Waals surface area contributed by atoms with Crippen molar-refractivity contribution in [1.82, 2.24) is 0 Å². The summed E-state index contributed by atoms with van der Waals surface area (Å²) in [6.07, 6.45) is 1.72. The Labute approximate surface area is 84.6 Å². The fraction of sp³-hybridized carbons (Fsp3) is 0.667. The Balaban J connectivity index is 4.31. The van der Waals surface area contributed by atoms with E-state index in [2.05, 4.69) is 0 Å². The SMILES string of the molecule is CC(=O)C[C@H](O)/C(C)=C\CS(C)(=O)=O. The molecule has 0 aromatic heterocycles. The number of carbonyl (C=O) groups excluding carboxylic acids is 1. The van der Waals surface area contributed by atoms with Crippen LogP contribution in [0, 0.1) is 0 Å². The first-order valence-corrected chi connectivity index (χ1v) is 6.30. The van der Waals surface area contributed by atoms with Crippen LogP contribution >= 0.6 is 0 Å². The highest BCUT2D eigenvalue weighted by atomic mass is 32.2. The second-order valence-electron chi connectivity index (χ2n) is 3.46. The lowest BCUT2D eigenvalue weighted by atomic mass is 10.1. The van der Waals surface area contributed by atoms with Crippen LogP contribution in [0.5, 0.6) is 0 Å². The molecule has 4 nitrogen and oxygen atoms in total. The maximum Gasteiger partial charge on any atom is 0.151 e. The molecule has 82 valence electrons. The van der Waals surface area contributed by atoms with Crippen molar-refractivity contribution in [3.05, 3.63) is 11.6 Å². The van der Waals surface area contributed by atoms with Gasteiger partial charge in [-0.25, -0.2) is 8.42 Å². The number of rotatable bonds is 5. The number of sulfone groups is 1. The number of hydrogen-bond acceptors (Lipinski definition) is 4. The van der Waals surface area contributed by atoms with Crippen molar-refractivity contribution in [1.29, 1.82) is 0 Å². The van der Waals surface area contributed by atoms with E-state index in [0.717, 1.165) is 6.26 Å². The van der Waals surface area contributed by atoms with Crippen molar-refractivity contribution in [3.63, 3.8) is 0 Å². The highest BCUT2D eigenvalue weighted by Gasteiger charge is 2.09. The van der Waals surface area contributed by atoms with E-state index in [-0.39, 0.29) is 18.0 Å². The van der Waals surface area contributed by atoms with Crippen molar-refractivity contribution in [2.24, 2.45) is 0 Å². The molecule has 0 fully saturated rings. The molecule has 0 aliphatic carbocycles. The highest BCUT2D eigenvalue weighted by Crippen LogP contribution is 2.06. The van der Waals surface area contributed by atoms with E-state index in [4.69, 9.17) is 0 Å². The number of ketones is 1. The summed E-state index contributed by atoms with van der Waals surface area (Å²) in [4.78, 5) is 10.7. The molecule has 0 radical (unpaired) electrons. The van der Waals surface area contributed by atoms with E-state index >= 15 is 0 Å². The van der Waals surface area contributed by atoms with Gasteiger partial charge in [-0.05, 0) is 19.4 Å². The summed E-state index contributed by atoms with van der Waals surface area (Å²) in [5.74, 6) is -0.224. The molecular weight excluding hydrogens is 204 g/mol. The van der Waals surface area contributed by atoms with Crippen LogP contribution in [0.2, 0.25) is 0 Å². The van der Waals surface area contributed by atoms with Crippen molar-refractivity contribution in [2.75, 3.05) is 12.0 Å². The average Bonchev–Trinajstić information content (AvgIpc) is 1.97. The lowest BCUT2D eigenvalue weighted by molar-refractivity contribution is -0.118. The number of hydrogen-bond donors (Lipinski definition) is 1. The minimum Gasteiger partial charge on any atom is -0.388 e. The fourth-order valence-electron chi connectivity index (χ4n) is 0.852. The van der Waals surface area contributed by atoms with Gasteiger partial charge in [-0.1, -0.05) is 6.08 Å². The van der Waals surface area contributed by atoms with E-state index < -0.39 is 15.9 Å². The van der Waals surface area contributed by atoms with Gasteiger partial charge in [0.2, 0.25) is 0 Å². The summed E-state index contributed by atoms with van der Waals surface area (Å²) in [5.41, 5.74) is 0.519. The van der Waals surface area contributed by atoms with Gasteiger partial charge in [0.05, 0.1) is 11.9 Å². The zero-order chi connectivity index (χ0) is 11.4. The standard InChI is InChI=1S/C9H16O4S/c1-7(4-5-14(3,12)13)9(11)6-8(2)10/h4,9,11H,5-6H2,1-3H3/b7-4-/t9-/m0/s1. The lowest BCUT2D eigenvalue weighted by Crippen LogP contribution is -2.13. The Bertz CT molecular complexity index is 327. The third-order valence-electron chi connectivity index (χ3n) is 1.71. The number of Topliss-reactive ketones (excluding diaryl/α,β-unsaturated/α-hetero) is 1. The van der Waals surface area contributed by atoms with Gasteiger partial charge in [0, 0.05) is 12.7 Å². The van der Waals surface area contributed by atoms with Crippen molar-refractivity contribution < 1.29 is 18.3 Å². The summed E-state index contributed by atoms with van der Waals surface area (Å²) >= 11 is 0. The molecule has 1 atom stereocenters. The predicted molar refractivity (Wildman–Crippen MR) is 54.8 cm³/mol. The van der Waals surface area contributed by atoms with Crippen LogP contribution < -0.4 is 0 Å². The molecule has 0 aromatic carbocycles. The van der Waals surface area contributed by atoms with Gasteiger partial charge in [-0.15, -0.1) is 0 Å². The van der Waals surface area contributed by atoms with Crippen molar-refractivity contribution in [2.45, 2.75) is 26.4 Å². The molecule has 0 amide bonds. The molecule has 0 saturated carbocycles. The highest BCUT2D eigenvalue weighted by molar-refractivity contribution is 7.90. The van der Waals surface area contributed by atoms with Gasteiger partial charge in [0.15, 0.2) is 9.84 Å². The van der Waals surface area contributed by atoms with Crippen LogP contribution in [-0.2, 0) is 14.6 Å². The smallest absolute Gasteiger partial charge is 0.151 e. The molecule has 14 heavy (non-hydrogen) atoms. The van der Waals surface area contributed by atoms with Gasteiger partial charge in [0.1, 0.15) is 5.78 Å². The molecular formula is C9H16O4S. The Kier molecular flexibility index (Phi) is 5.01. The average molecular weight is 220 g/mol. The van der Waals surface area contributed by atoms with E-state index in [9.17, 15) is 18.3 Å². The number of carbonyl (C=O) groups is 1. The van der Waals surface area contributed by atoms with Gasteiger partial charge in [-0.3, -0.25) is 4.79 Å². The van der Waals surface area contributed by atoms with Gasteiger partial charge in [-0.2, -0.15) is 0 Å². The molecule has 0 aliphatic rings. The Hall–Kier alpha value is -0.680. The molecule has 0 heterocycles. The quantitative estimate of drug-likeness (QED) is 0.677. The third kappa shape index (κ3) is 6.80. The lowest BCUT2D eigenvalue weighted by Gasteiger charge is -2.08. The first-order chi connectivity index (χ1) is 6.22. The van der Waals surface area contributed by atoms with Crippen LogP contribution in [0.25, 0.3) is 0 Å². The zero-order valence-electron chi connectivity index (χ0n) is 8.65. The van der Waals surface area contributed by atoms with E-state index in [1.807, 2.05) is 0 Å². The minimum atomic E-state index is -3.05. The Morgan fingerprint density at radius 3 is 2.29 bits per heavy atom. The summed E-state index contributed by atoms with van der Waals surface area (Å²) in [7, 11) is -3.05. The summed E-state index contributed by atoms with van der Waals surface area (Å²) in [6.45, 7) is 2.99. The van der Waals surface area contributed by atoms with Gasteiger partial charge < -0.3 is 5.11 Å². The maximum atomic E-state index is 10.8. The maximum absolute atomic E-state index is 10.8. The molecule has 0 unspecified atom stereocenters. The third-order valence-corrected chi connectivity index (χ3v) is 2.49. The Morgan fingerprint density at radius 2 is 1.93 bits per heavy atom. The van der Waals surface area contributed by atoms with Crippen LogP contribution in [0.3, 0.4) is 0 Å². The summed E-state index contributed by atoms with van der Waals surface area (Å²) < 4.78 is 21.6. The van der Waals surface area contributed by atoms with Crippen molar-refractivity contribution >= 4 is 15.6 Å². The first-order valence-electron chi connectivity index (χ1n) is 4.24. The number of aliphatic hydroxyl groups excluding tert-OH is 1. The monoisotopic (exact) mass is 220 g/mol. The molecule has 1 N–H and O–H groups in total. The van der Waals surface area contributed by atoms with Crippen molar-refractivity contribution in [3.8, 4) is 0 Å². The molecule has 0 saturated heterocycles. The molecule has 5 heteroatoms. The second kappa shape index (κ2) is 5.26. The van der Waals surface area contributed by atoms with Crippen LogP contribution in [-0.4, -0.2) is 37.4 Å². The van der Waals surface area contributed by atoms with Crippen LogP contribution in [0.1, 0.15) is 20.3 Å². The minimum absolute atomic E-state index is 0.0338. The molecule has 0 spiro atoms. The molecule has 0 bridgehead atoms. The van der Waals surface area contributed by atoms with Gasteiger partial charge in [0.25, 0.3) is 0 Å². The van der Waals surface area contributed by atoms with Gasteiger partial charge >= 0.3 is 0 Å². The predicted octanol–water partition coefficient (Wildman–Crippen LogP) is 0.317. The zero-order valence-corrected chi connectivity index (χ0v) is 9.47. The normalized spacial score (nSPS) is 15.3. The summed E-state index contributed by atoms with van der Waals surface area (Å²) in [6, 6.07) is 0. The van der Waals surface area contributed by atoms with Crippen LogP contribution in [0.15, 0.2) is 11.6 Å². The second-order valence-corrected chi connectivity index (χ2v) is 5.65. The van der Waals surface area contributed by atoms with Crippen LogP contribution in [0.4, 0.5) is 0 Å². The first kappa shape index (κ1) is 13.3. The van der Waals surface area contributed by atoms with E-state index in [0.29, 0.717) is 5.57 Å². The summed E-state index contributed by atoms with van der Waals surface area (Å²) in [5, 5.41) is 9.40. The van der Waals surface area contributed by atoms with E-state index in [1.54, 1.807) is 6.92 Å². The largest absolute Gasteiger partial charge is 0.388 e. The molecule has 0 aliphatic heterocycles. The number of aliphatic hydroxyl groups is 1.